The highest BCUT2D eigenvalue weighted by Gasteiger charge is 2.06. The van der Waals surface area contributed by atoms with Gasteiger partial charge < -0.3 is 4.57 Å². The van der Waals surface area contributed by atoms with Gasteiger partial charge in [-0.2, -0.15) is 0 Å². The minimum atomic E-state index is 0.776. The molecule has 0 aliphatic rings. The topological polar surface area (TPSA) is 17.8 Å². The maximum absolute atomic E-state index is 6.21. The van der Waals surface area contributed by atoms with Crippen LogP contribution < -0.4 is 0 Å². The molecule has 0 bridgehead atoms. The number of hydrogen-bond donors (Lipinski definition) is 0. The molecule has 4 heteroatoms. The van der Waals surface area contributed by atoms with Crippen molar-refractivity contribution in [3.05, 3.63) is 47.0 Å². The Morgan fingerprint density at radius 2 is 2.24 bits per heavy atom. The zero-order valence-corrected chi connectivity index (χ0v) is 12.0. The van der Waals surface area contributed by atoms with Crippen molar-refractivity contribution in [3.63, 3.8) is 0 Å². The highest BCUT2D eigenvalue weighted by Crippen LogP contribution is 2.23. The van der Waals surface area contributed by atoms with Crippen LogP contribution in [-0.2, 0) is 11.8 Å². The molecule has 0 unspecified atom stereocenters. The molecular weight excluding hydrogens is 300 g/mol. The zero-order valence-electron chi connectivity index (χ0n) is 9.66. The highest BCUT2D eigenvalue weighted by atomic mass is 79.9. The monoisotopic (exact) mass is 312 g/mol. The Balaban J connectivity index is 2.39. The Kier molecular flexibility index (Phi) is 4.24. The number of aromatic nitrogens is 2. The lowest BCUT2D eigenvalue weighted by Gasteiger charge is -2.09. The fourth-order valence-electron chi connectivity index (χ4n) is 1.77. The molecule has 2 aromatic rings. The van der Waals surface area contributed by atoms with Gasteiger partial charge in [-0.15, -0.1) is 0 Å². The minimum absolute atomic E-state index is 0.776. The summed E-state index contributed by atoms with van der Waals surface area (Å²) in [6.45, 7) is 2.15. The molecule has 2 nitrogen and oxygen atoms in total. The standard InChI is InChI=1S/C13H14BrClN2/c1-2-3-13-16-6-7-17(13)11-5-4-10(9-14)12(15)8-11/h4-8H,2-3,9H2,1H3. The van der Waals surface area contributed by atoms with Gasteiger partial charge in [0.15, 0.2) is 0 Å². The maximum atomic E-state index is 6.21. The number of nitrogens with zero attached hydrogens (tertiary/aromatic N) is 2. The molecule has 0 saturated heterocycles. The minimum Gasteiger partial charge on any atom is -0.304 e. The van der Waals surface area contributed by atoms with Gasteiger partial charge in [-0.3, -0.25) is 0 Å². The van der Waals surface area contributed by atoms with Crippen molar-refractivity contribution in [3.8, 4) is 5.69 Å². The van der Waals surface area contributed by atoms with Crippen molar-refractivity contribution in [1.29, 1.82) is 0 Å². The Hall–Kier alpha value is -0.800. The normalized spacial score (nSPS) is 10.8. The average molecular weight is 314 g/mol. The summed E-state index contributed by atoms with van der Waals surface area (Å²) in [5.74, 6) is 1.08. The molecule has 1 aromatic heterocycles. The highest BCUT2D eigenvalue weighted by molar-refractivity contribution is 9.08. The van der Waals surface area contributed by atoms with E-state index in [0.29, 0.717) is 0 Å². The van der Waals surface area contributed by atoms with Gasteiger partial charge in [0.1, 0.15) is 5.82 Å². The first-order chi connectivity index (χ1) is 8.26. The second-order valence-corrected chi connectivity index (χ2v) is 4.84. The Morgan fingerprint density at radius 1 is 1.41 bits per heavy atom. The smallest absolute Gasteiger partial charge is 0.113 e. The quantitative estimate of drug-likeness (QED) is 0.766. The van der Waals surface area contributed by atoms with Crippen LogP contribution in [0.2, 0.25) is 5.02 Å². The summed E-state index contributed by atoms with van der Waals surface area (Å²) in [7, 11) is 0. The lowest BCUT2D eigenvalue weighted by Crippen LogP contribution is -2.00. The van der Waals surface area contributed by atoms with Gasteiger partial charge in [0.2, 0.25) is 0 Å². The van der Waals surface area contributed by atoms with Gasteiger partial charge in [0.05, 0.1) is 0 Å². The molecule has 1 heterocycles. The van der Waals surface area contributed by atoms with E-state index in [-0.39, 0.29) is 0 Å². The van der Waals surface area contributed by atoms with Crippen LogP contribution in [0.3, 0.4) is 0 Å². The van der Waals surface area contributed by atoms with E-state index in [1.807, 2.05) is 24.5 Å². The third-order valence-electron chi connectivity index (χ3n) is 2.65. The summed E-state index contributed by atoms with van der Waals surface area (Å²) in [5.41, 5.74) is 2.17. The number of halogens is 2. The molecule has 0 fully saturated rings. The van der Waals surface area contributed by atoms with Crippen LogP contribution in [0.4, 0.5) is 0 Å². The Labute approximate surface area is 115 Å². The molecule has 0 aliphatic heterocycles. The SMILES string of the molecule is CCCc1nccn1-c1ccc(CBr)c(Cl)c1. The predicted octanol–water partition coefficient (Wildman–Crippen LogP) is 4.37. The molecule has 0 spiro atoms. The fraction of sp³-hybridized carbons (Fsp3) is 0.308. The number of aryl methyl sites for hydroxylation is 1. The zero-order chi connectivity index (χ0) is 12.3. The summed E-state index contributed by atoms with van der Waals surface area (Å²) < 4.78 is 2.09. The molecule has 0 saturated carbocycles. The lowest BCUT2D eigenvalue weighted by atomic mass is 10.2. The fourth-order valence-corrected chi connectivity index (χ4v) is 2.66. The van der Waals surface area contributed by atoms with Crippen LogP contribution >= 0.6 is 27.5 Å². The van der Waals surface area contributed by atoms with Gasteiger partial charge in [0, 0.05) is 34.9 Å². The number of imidazole rings is 1. The first kappa shape index (κ1) is 12.7. The van der Waals surface area contributed by atoms with Crippen LogP contribution in [0.5, 0.6) is 0 Å². The van der Waals surface area contributed by atoms with Gasteiger partial charge in [-0.05, 0) is 24.1 Å². The molecule has 0 radical (unpaired) electrons. The number of rotatable bonds is 4. The first-order valence-corrected chi connectivity index (χ1v) is 7.13. The summed E-state index contributed by atoms with van der Waals surface area (Å²) in [4.78, 5) is 4.37. The van der Waals surface area contributed by atoms with Gasteiger partial charge in [0.25, 0.3) is 0 Å². The molecule has 90 valence electrons. The van der Waals surface area contributed by atoms with E-state index in [1.54, 1.807) is 0 Å². The lowest BCUT2D eigenvalue weighted by molar-refractivity contribution is 0.809. The molecule has 2 rings (SSSR count). The molecule has 0 aliphatic carbocycles. The van der Waals surface area contributed by atoms with Crippen molar-refractivity contribution in [1.82, 2.24) is 9.55 Å². The van der Waals surface area contributed by atoms with Gasteiger partial charge in [-0.25, -0.2) is 4.98 Å². The molecular formula is C13H14BrClN2. The second-order valence-electron chi connectivity index (χ2n) is 3.87. The largest absolute Gasteiger partial charge is 0.304 e. The summed E-state index contributed by atoms with van der Waals surface area (Å²) >= 11 is 9.63. The van der Waals surface area contributed by atoms with E-state index >= 15 is 0 Å². The van der Waals surface area contributed by atoms with Crippen molar-refractivity contribution < 1.29 is 0 Å². The molecule has 1 aromatic carbocycles. The maximum Gasteiger partial charge on any atom is 0.113 e. The van der Waals surface area contributed by atoms with Crippen molar-refractivity contribution in [2.75, 3.05) is 0 Å². The van der Waals surface area contributed by atoms with E-state index in [9.17, 15) is 0 Å². The van der Waals surface area contributed by atoms with Crippen LogP contribution in [0.15, 0.2) is 30.6 Å². The van der Waals surface area contributed by atoms with Crippen LogP contribution in [0.1, 0.15) is 24.7 Å². The molecule has 0 amide bonds. The van der Waals surface area contributed by atoms with Crippen LogP contribution in [0, 0.1) is 0 Å². The van der Waals surface area contributed by atoms with Gasteiger partial charge in [-0.1, -0.05) is 40.5 Å². The van der Waals surface area contributed by atoms with Crippen molar-refractivity contribution in [2.24, 2.45) is 0 Å². The van der Waals surface area contributed by atoms with E-state index in [1.165, 1.54) is 0 Å². The molecule has 0 N–H and O–H groups in total. The van der Waals surface area contributed by atoms with E-state index in [0.717, 1.165) is 40.3 Å². The van der Waals surface area contributed by atoms with E-state index < -0.39 is 0 Å². The van der Waals surface area contributed by atoms with Crippen molar-refractivity contribution in [2.45, 2.75) is 25.1 Å². The summed E-state index contributed by atoms with van der Waals surface area (Å²) in [5, 5.41) is 1.56. The first-order valence-electron chi connectivity index (χ1n) is 5.63. The average Bonchev–Trinajstić information content (AvgIpc) is 2.78. The van der Waals surface area contributed by atoms with E-state index in [2.05, 4.69) is 38.5 Å². The number of hydrogen-bond acceptors (Lipinski definition) is 1. The number of benzene rings is 1. The van der Waals surface area contributed by atoms with Crippen LogP contribution in [-0.4, -0.2) is 9.55 Å². The molecule has 0 atom stereocenters. The van der Waals surface area contributed by atoms with Crippen molar-refractivity contribution >= 4 is 27.5 Å². The third-order valence-corrected chi connectivity index (χ3v) is 3.61. The summed E-state index contributed by atoms with van der Waals surface area (Å²) in [6, 6.07) is 6.10. The van der Waals surface area contributed by atoms with Gasteiger partial charge >= 0.3 is 0 Å². The Morgan fingerprint density at radius 3 is 2.88 bits per heavy atom. The Bertz CT molecular complexity index is 508. The van der Waals surface area contributed by atoms with E-state index in [4.69, 9.17) is 11.6 Å². The number of alkyl halides is 1. The van der Waals surface area contributed by atoms with Crippen LogP contribution in [0.25, 0.3) is 5.69 Å². The second kappa shape index (κ2) is 5.69. The third kappa shape index (κ3) is 2.72. The summed E-state index contributed by atoms with van der Waals surface area (Å²) in [6.07, 6.45) is 5.87. The molecule has 17 heavy (non-hydrogen) atoms. The predicted molar refractivity (Wildman–Crippen MR) is 75.2 cm³/mol.